The van der Waals surface area contributed by atoms with Crippen molar-refractivity contribution in [1.29, 1.82) is 0 Å². The summed E-state index contributed by atoms with van der Waals surface area (Å²) in [4.78, 5) is 15.0. The molecule has 2 aliphatic heterocycles. The molecule has 2 N–H and O–H groups in total. The lowest BCUT2D eigenvalue weighted by Crippen LogP contribution is -2.37. The van der Waals surface area contributed by atoms with Crippen LogP contribution in [0.15, 0.2) is 42.5 Å². The molecule has 0 spiro atoms. The van der Waals surface area contributed by atoms with Crippen LogP contribution in [0.1, 0.15) is 31.2 Å². The Morgan fingerprint density at radius 3 is 2.41 bits per heavy atom. The van der Waals surface area contributed by atoms with Gasteiger partial charge in [-0.3, -0.25) is 9.69 Å². The van der Waals surface area contributed by atoms with Crippen LogP contribution >= 0.6 is 23.2 Å². The number of hydrogen-bond acceptors (Lipinski definition) is 4. The van der Waals surface area contributed by atoms with Crippen LogP contribution in [-0.4, -0.2) is 43.6 Å². The van der Waals surface area contributed by atoms with Crippen molar-refractivity contribution in [3.05, 3.63) is 58.1 Å². The molecule has 32 heavy (non-hydrogen) atoms. The minimum atomic E-state index is 0.0199. The molecular weight excluding hydrogens is 445 g/mol. The van der Waals surface area contributed by atoms with Gasteiger partial charge in [-0.2, -0.15) is 0 Å². The molecule has 4 rings (SSSR count). The van der Waals surface area contributed by atoms with E-state index >= 15 is 0 Å². The van der Waals surface area contributed by atoms with E-state index in [1.165, 1.54) is 18.4 Å². The zero-order valence-electron chi connectivity index (χ0n) is 18.3. The van der Waals surface area contributed by atoms with Crippen LogP contribution in [-0.2, 0) is 11.3 Å². The molecule has 0 atom stereocenters. The van der Waals surface area contributed by atoms with Gasteiger partial charge >= 0.3 is 0 Å². The maximum absolute atomic E-state index is 12.6. The summed E-state index contributed by atoms with van der Waals surface area (Å²) in [5, 5.41) is 7.29. The van der Waals surface area contributed by atoms with E-state index in [1.54, 1.807) is 18.2 Å². The van der Waals surface area contributed by atoms with Gasteiger partial charge in [0.2, 0.25) is 5.91 Å². The molecular formula is C25H31Cl2N3O2. The topological polar surface area (TPSA) is 53.6 Å². The van der Waals surface area contributed by atoms with Crippen molar-refractivity contribution in [2.24, 2.45) is 11.8 Å². The number of ether oxygens (including phenoxy) is 1. The van der Waals surface area contributed by atoms with Crippen LogP contribution in [0.4, 0.5) is 5.69 Å². The van der Waals surface area contributed by atoms with E-state index in [-0.39, 0.29) is 11.8 Å². The molecule has 2 aromatic carbocycles. The predicted octanol–water partition coefficient (Wildman–Crippen LogP) is 5.22. The number of likely N-dealkylation sites (tertiary alicyclic amines) is 1. The highest BCUT2D eigenvalue weighted by Crippen LogP contribution is 2.27. The number of rotatable bonds is 7. The zero-order valence-corrected chi connectivity index (χ0v) is 19.8. The smallest absolute Gasteiger partial charge is 0.227 e. The Labute approximate surface area is 200 Å². The molecule has 2 fully saturated rings. The molecule has 1 amide bonds. The average molecular weight is 476 g/mol. The lowest BCUT2D eigenvalue weighted by atomic mass is 9.95. The van der Waals surface area contributed by atoms with E-state index < -0.39 is 0 Å². The SMILES string of the molecule is O=C(Nc1ccc(Cl)c(Cl)c1)C1CCN(Cc2ccc(OCC3CCNCC3)cc2)CC1. The number of amides is 1. The van der Waals surface area contributed by atoms with Crippen molar-refractivity contribution in [3.63, 3.8) is 0 Å². The van der Waals surface area contributed by atoms with Gasteiger partial charge in [-0.25, -0.2) is 0 Å². The molecule has 5 nitrogen and oxygen atoms in total. The summed E-state index contributed by atoms with van der Waals surface area (Å²) in [6.45, 7) is 5.72. The highest BCUT2D eigenvalue weighted by atomic mass is 35.5. The maximum atomic E-state index is 12.6. The van der Waals surface area contributed by atoms with Crippen LogP contribution in [0, 0.1) is 11.8 Å². The molecule has 172 valence electrons. The Bertz CT molecular complexity index is 893. The van der Waals surface area contributed by atoms with E-state index in [9.17, 15) is 4.79 Å². The van der Waals surface area contributed by atoms with E-state index in [0.29, 0.717) is 21.7 Å². The Kier molecular flexibility index (Phi) is 8.31. The largest absolute Gasteiger partial charge is 0.493 e. The van der Waals surface area contributed by atoms with Gasteiger partial charge in [-0.15, -0.1) is 0 Å². The van der Waals surface area contributed by atoms with Crippen LogP contribution in [0.3, 0.4) is 0 Å². The number of nitrogens with one attached hydrogen (secondary N) is 2. The number of carbonyl (C=O) groups is 1. The van der Waals surface area contributed by atoms with Gasteiger partial charge in [0.15, 0.2) is 0 Å². The van der Waals surface area contributed by atoms with Gasteiger partial charge in [0.05, 0.1) is 16.7 Å². The Morgan fingerprint density at radius 1 is 1.00 bits per heavy atom. The van der Waals surface area contributed by atoms with Gasteiger partial charge in [0.1, 0.15) is 5.75 Å². The van der Waals surface area contributed by atoms with E-state index in [2.05, 4.69) is 39.8 Å². The van der Waals surface area contributed by atoms with Crippen LogP contribution in [0.25, 0.3) is 0 Å². The maximum Gasteiger partial charge on any atom is 0.227 e. The number of piperidine rings is 2. The Balaban J connectivity index is 1.19. The number of halogens is 2. The monoisotopic (exact) mass is 475 g/mol. The Hall–Kier alpha value is -1.79. The molecule has 0 radical (unpaired) electrons. The summed E-state index contributed by atoms with van der Waals surface area (Å²) in [6, 6.07) is 13.6. The molecule has 2 saturated heterocycles. The van der Waals surface area contributed by atoms with E-state index in [0.717, 1.165) is 57.9 Å². The lowest BCUT2D eigenvalue weighted by molar-refractivity contribution is -0.121. The fourth-order valence-electron chi connectivity index (χ4n) is 4.38. The first-order valence-corrected chi connectivity index (χ1v) is 12.2. The lowest BCUT2D eigenvalue weighted by Gasteiger charge is -2.31. The summed E-state index contributed by atoms with van der Waals surface area (Å²) in [5.74, 6) is 1.68. The fraction of sp³-hybridized carbons (Fsp3) is 0.480. The van der Waals surface area contributed by atoms with Crippen LogP contribution in [0.2, 0.25) is 10.0 Å². The number of benzene rings is 2. The minimum absolute atomic E-state index is 0.0199. The minimum Gasteiger partial charge on any atom is -0.493 e. The normalized spacial score (nSPS) is 18.4. The fourth-order valence-corrected chi connectivity index (χ4v) is 4.68. The van der Waals surface area contributed by atoms with Gasteiger partial charge in [0, 0.05) is 18.2 Å². The van der Waals surface area contributed by atoms with Crippen molar-refractivity contribution >= 4 is 34.8 Å². The third-order valence-corrected chi connectivity index (χ3v) is 7.16. The first-order valence-electron chi connectivity index (χ1n) is 11.5. The third-order valence-electron chi connectivity index (χ3n) is 6.42. The molecule has 0 aliphatic carbocycles. The second-order valence-corrected chi connectivity index (χ2v) is 9.63. The summed E-state index contributed by atoms with van der Waals surface area (Å²) < 4.78 is 5.99. The molecule has 0 aromatic heterocycles. The number of hydrogen-bond donors (Lipinski definition) is 2. The molecule has 2 aromatic rings. The summed E-state index contributed by atoms with van der Waals surface area (Å²) >= 11 is 12.0. The highest BCUT2D eigenvalue weighted by Gasteiger charge is 2.25. The first-order chi connectivity index (χ1) is 15.6. The Morgan fingerprint density at radius 2 is 1.72 bits per heavy atom. The molecule has 7 heteroatoms. The molecule has 0 unspecified atom stereocenters. The number of nitrogens with zero attached hydrogens (tertiary/aromatic N) is 1. The van der Waals surface area contributed by atoms with Crippen molar-refractivity contribution in [1.82, 2.24) is 10.2 Å². The molecule has 0 saturated carbocycles. The molecule has 0 bridgehead atoms. The summed E-state index contributed by atoms with van der Waals surface area (Å²) in [7, 11) is 0. The standard InChI is InChI=1S/C25H31Cl2N3O2/c26-23-6-3-21(15-24(23)27)29-25(31)20-9-13-30(14-10-20)16-18-1-4-22(5-2-18)32-17-19-7-11-28-12-8-19/h1-6,15,19-20,28H,7-14,16-17H2,(H,29,31). The van der Waals surface area contributed by atoms with Gasteiger partial charge in [0.25, 0.3) is 0 Å². The van der Waals surface area contributed by atoms with Gasteiger partial charge in [-0.05, 0) is 93.7 Å². The average Bonchev–Trinajstić information content (AvgIpc) is 2.82. The summed E-state index contributed by atoms with van der Waals surface area (Å²) in [5.41, 5.74) is 1.97. The van der Waals surface area contributed by atoms with E-state index in [4.69, 9.17) is 27.9 Å². The van der Waals surface area contributed by atoms with Gasteiger partial charge in [-0.1, -0.05) is 35.3 Å². The van der Waals surface area contributed by atoms with E-state index in [1.807, 2.05) is 0 Å². The molecule has 2 heterocycles. The third kappa shape index (κ3) is 6.61. The zero-order chi connectivity index (χ0) is 22.3. The highest BCUT2D eigenvalue weighted by molar-refractivity contribution is 6.42. The van der Waals surface area contributed by atoms with Crippen LogP contribution in [0.5, 0.6) is 5.75 Å². The first kappa shape index (κ1) is 23.4. The van der Waals surface area contributed by atoms with Crippen LogP contribution < -0.4 is 15.4 Å². The number of carbonyl (C=O) groups excluding carboxylic acids is 1. The van der Waals surface area contributed by atoms with Crippen molar-refractivity contribution in [3.8, 4) is 5.75 Å². The second kappa shape index (κ2) is 11.4. The van der Waals surface area contributed by atoms with Crippen molar-refractivity contribution in [2.45, 2.75) is 32.2 Å². The quantitative estimate of drug-likeness (QED) is 0.575. The second-order valence-electron chi connectivity index (χ2n) is 8.82. The summed E-state index contributed by atoms with van der Waals surface area (Å²) in [6.07, 6.45) is 4.09. The molecule has 2 aliphatic rings. The van der Waals surface area contributed by atoms with Crippen molar-refractivity contribution in [2.75, 3.05) is 38.1 Å². The van der Waals surface area contributed by atoms with Crippen molar-refractivity contribution < 1.29 is 9.53 Å². The number of anilines is 1. The van der Waals surface area contributed by atoms with Gasteiger partial charge < -0.3 is 15.4 Å². The predicted molar refractivity (Wildman–Crippen MR) is 131 cm³/mol.